The maximum Gasteiger partial charge on any atom is 0.125 e. The number of rotatable bonds is 2. The zero-order valence-corrected chi connectivity index (χ0v) is 5.44. The molecule has 48 valence electrons. The van der Waals surface area contributed by atoms with Crippen LogP contribution >= 0.6 is 0 Å². The molecular formula is C6H11FO. The van der Waals surface area contributed by atoms with Crippen molar-refractivity contribution in [1.29, 1.82) is 0 Å². The lowest BCUT2D eigenvalue weighted by atomic mass is 9.97. The summed E-state index contributed by atoms with van der Waals surface area (Å²) in [4.78, 5) is 9.91. The third-order valence-corrected chi connectivity index (χ3v) is 1.29. The van der Waals surface area contributed by atoms with Crippen LogP contribution < -0.4 is 0 Å². The van der Waals surface area contributed by atoms with Crippen LogP contribution in [0.2, 0.25) is 0 Å². The van der Waals surface area contributed by atoms with E-state index in [4.69, 9.17) is 0 Å². The van der Waals surface area contributed by atoms with Gasteiger partial charge >= 0.3 is 0 Å². The van der Waals surface area contributed by atoms with Gasteiger partial charge in [-0.05, 0) is 13.8 Å². The van der Waals surface area contributed by atoms with E-state index >= 15 is 0 Å². The average Bonchev–Trinajstić information content (AvgIpc) is 1.62. The molecule has 2 heteroatoms. The maximum absolute atomic E-state index is 12.6. The zero-order valence-electron chi connectivity index (χ0n) is 5.44. The molecule has 0 saturated carbocycles. The minimum Gasteiger partial charge on any atom is -0.303 e. The highest BCUT2D eigenvalue weighted by Gasteiger charge is 2.23. The van der Waals surface area contributed by atoms with Crippen molar-refractivity contribution in [3.05, 3.63) is 0 Å². The van der Waals surface area contributed by atoms with Gasteiger partial charge in [-0.15, -0.1) is 0 Å². The third kappa shape index (κ3) is 2.05. The maximum atomic E-state index is 12.6. The van der Waals surface area contributed by atoms with Gasteiger partial charge in [-0.2, -0.15) is 0 Å². The minimum atomic E-state index is -1.36. The highest BCUT2D eigenvalue weighted by Crippen LogP contribution is 2.17. The molecule has 0 aliphatic heterocycles. The third-order valence-electron chi connectivity index (χ3n) is 1.29. The molecule has 1 nitrogen and oxygen atoms in total. The van der Waals surface area contributed by atoms with E-state index in [1.807, 2.05) is 0 Å². The van der Waals surface area contributed by atoms with E-state index in [2.05, 4.69) is 0 Å². The van der Waals surface area contributed by atoms with Crippen molar-refractivity contribution in [2.24, 2.45) is 5.92 Å². The molecule has 0 spiro atoms. The van der Waals surface area contributed by atoms with E-state index in [1.165, 1.54) is 13.8 Å². The van der Waals surface area contributed by atoms with Gasteiger partial charge in [-0.3, -0.25) is 0 Å². The second-order valence-corrected chi connectivity index (χ2v) is 2.49. The van der Waals surface area contributed by atoms with E-state index in [-0.39, 0.29) is 0 Å². The summed E-state index contributed by atoms with van der Waals surface area (Å²) in [5.74, 6) is -0.498. The molecule has 0 bridgehead atoms. The Hall–Kier alpha value is -0.400. The summed E-state index contributed by atoms with van der Waals surface area (Å²) in [6.07, 6.45) is 0.625. The molecule has 0 N–H and O–H groups in total. The van der Waals surface area contributed by atoms with Gasteiger partial charge < -0.3 is 4.79 Å². The van der Waals surface area contributed by atoms with Gasteiger partial charge in [0.25, 0.3) is 0 Å². The van der Waals surface area contributed by atoms with E-state index < -0.39 is 11.6 Å². The highest BCUT2D eigenvalue weighted by molar-refractivity contribution is 5.54. The predicted octanol–water partition coefficient (Wildman–Crippen LogP) is 1.57. The van der Waals surface area contributed by atoms with E-state index in [0.717, 1.165) is 0 Å². The Bertz CT molecular complexity index is 83.0. The number of carbonyl (C=O) groups excluding carboxylic acids is 1. The number of hydrogen-bond acceptors (Lipinski definition) is 1. The lowest BCUT2D eigenvalue weighted by Gasteiger charge is -2.16. The molecule has 0 saturated heterocycles. The number of hydrogen-bond donors (Lipinski definition) is 0. The normalized spacial score (nSPS) is 15.5. The van der Waals surface area contributed by atoms with Gasteiger partial charge in [-0.1, -0.05) is 6.92 Å². The number of alkyl halides is 1. The van der Waals surface area contributed by atoms with Gasteiger partial charge in [0, 0.05) is 5.92 Å². The molecule has 0 amide bonds. The minimum absolute atomic E-state index is 0.498. The van der Waals surface area contributed by atoms with Crippen molar-refractivity contribution in [3.8, 4) is 0 Å². The summed E-state index contributed by atoms with van der Waals surface area (Å²) in [6, 6.07) is 0. The summed E-state index contributed by atoms with van der Waals surface area (Å²) >= 11 is 0. The Morgan fingerprint density at radius 2 is 2.00 bits per heavy atom. The Balaban J connectivity index is 3.80. The van der Waals surface area contributed by atoms with Crippen molar-refractivity contribution in [2.75, 3.05) is 0 Å². The van der Waals surface area contributed by atoms with Crippen LogP contribution in [0.15, 0.2) is 0 Å². The summed E-state index contributed by atoms with van der Waals surface area (Å²) in [6.45, 7) is 4.35. The molecule has 0 heterocycles. The zero-order chi connectivity index (χ0) is 6.78. The standard InChI is InChI=1S/C6H11FO/c1-5(4-8)6(2,3)7/h4-5H,1-3H3/t5-/m1/s1. The van der Waals surface area contributed by atoms with Crippen LogP contribution in [0.1, 0.15) is 20.8 Å². The molecule has 0 unspecified atom stereocenters. The van der Waals surface area contributed by atoms with Gasteiger partial charge in [-0.25, -0.2) is 4.39 Å². The Morgan fingerprint density at radius 1 is 1.62 bits per heavy atom. The number of aldehydes is 1. The molecule has 0 aromatic heterocycles. The van der Waals surface area contributed by atoms with Crippen LogP contribution in [0.3, 0.4) is 0 Å². The lowest BCUT2D eigenvalue weighted by molar-refractivity contribution is -0.114. The van der Waals surface area contributed by atoms with Crippen molar-refractivity contribution < 1.29 is 9.18 Å². The molecule has 0 aromatic rings. The number of halogens is 1. The quantitative estimate of drug-likeness (QED) is 0.503. The Labute approximate surface area is 48.9 Å². The second-order valence-electron chi connectivity index (χ2n) is 2.49. The molecule has 0 fully saturated rings. The first-order valence-electron chi connectivity index (χ1n) is 2.62. The van der Waals surface area contributed by atoms with Crippen LogP contribution in [0.4, 0.5) is 4.39 Å². The van der Waals surface area contributed by atoms with Gasteiger partial charge in [0.1, 0.15) is 12.0 Å². The largest absolute Gasteiger partial charge is 0.303 e. The smallest absolute Gasteiger partial charge is 0.125 e. The molecule has 0 aromatic carbocycles. The van der Waals surface area contributed by atoms with Crippen molar-refractivity contribution in [1.82, 2.24) is 0 Å². The topological polar surface area (TPSA) is 17.1 Å². The summed E-state index contributed by atoms with van der Waals surface area (Å²) in [5.41, 5.74) is -1.36. The van der Waals surface area contributed by atoms with E-state index in [1.54, 1.807) is 6.92 Å². The summed E-state index contributed by atoms with van der Waals surface area (Å²) in [7, 11) is 0. The molecule has 0 radical (unpaired) electrons. The first-order valence-corrected chi connectivity index (χ1v) is 2.62. The van der Waals surface area contributed by atoms with Crippen LogP contribution in [-0.2, 0) is 4.79 Å². The summed E-state index contributed by atoms with van der Waals surface area (Å²) < 4.78 is 12.6. The fourth-order valence-electron chi connectivity index (χ4n) is 0.162. The molecule has 0 aliphatic carbocycles. The lowest BCUT2D eigenvalue weighted by Crippen LogP contribution is -2.23. The van der Waals surface area contributed by atoms with E-state index in [0.29, 0.717) is 6.29 Å². The Morgan fingerprint density at radius 3 is 2.00 bits per heavy atom. The molecular weight excluding hydrogens is 107 g/mol. The van der Waals surface area contributed by atoms with E-state index in [9.17, 15) is 9.18 Å². The highest BCUT2D eigenvalue weighted by atomic mass is 19.1. The number of carbonyl (C=O) groups is 1. The van der Waals surface area contributed by atoms with Gasteiger partial charge in [0.05, 0.1) is 0 Å². The molecule has 1 atom stereocenters. The fourth-order valence-corrected chi connectivity index (χ4v) is 0.162. The fraction of sp³-hybridized carbons (Fsp3) is 0.833. The summed E-state index contributed by atoms with van der Waals surface area (Å²) in [5, 5.41) is 0. The molecule has 8 heavy (non-hydrogen) atoms. The van der Waals surface area contributed by atoms with Crippen LogP contribution in [0.25, 0.3) is 0 Å². The SMILES string of the molecule is C[C@H](C=O)C(C)(C)F. The van der Waals surface area contributed by atoms with Gasteiger partial charge in [0.2, 0.25) is 0 Å². The van der Waals surface area contributed by atoms with Crippen molar-refractivity contribution in [2.45, 2.75) is 26.4 Å². The van der Waals surface area contributed by atoms with Crippen LogP contribution in [0.5, 0.6) is 0 Å². The van der Waals surface area contributed by atoms with Crippen molar-refractivity contribution >= 4 is 6.29 Å². The van der Waals surface area contributed by atoms with Crippen LogP contribution in [-0.4, -0.2) is 12.0 Å². The monoisotopic (exact) mass is 118 g/mol. The molecule has 0 rings (SSSR count). The first-order chi connectivity index (χ1) is 3.48. The van der Waals surface area contributed by atoms with Gasteiger partial charge in [0.15, 0.2) is 0 Å². The first kappa shape index (κ1) is 7.60. The van der Waals surface area contributed by atoms with Crippen LogP contribution in [0, 0.1) is 5.92 Å². The predicted molar refractivity (Wildman–Crippen MR) is 30.4 cm³/mol. The molecule has 0 aliphatic rings. The Kier molecular flexibility index (Phi) is 2.13. The average molecular weight is 118 g/mol. The second kappa shape index (κ2) is 2.25. The van der Waals surface area contributed by atoms with Crippen molar-refractivity contribution in [3.63, 3.8) is 0 Å².